The maximum absolute atomic E-state index is 11.3. The number of carbonyl (C=O) groups excluding carboxylic acids is 1. The molecule has 2 aliphatic rings. The van der Waals surface area contributed by atoms with Crippen LogP contribution in [0.3, 0.4) is 0 Å². The first kappa shape index (κ1) is 20.1. The Hall–Kier alpha value is -1.63. The molecule has 4 atom stereocenters. The molecule has 2 bridgehead atoms. The van der Waals surface area contributed by atoms with Crippen molar-refractivity contribution in [2.45, 2.75) is 50.7 Å². The van der Waals surface area contributed by atoms with E-state index in [0.29, 0.717) is 55.3 Å². The lowest BCUT2D eigenvalue weighted by Crippen LogP contribution is -2.32. The number of hydrogen-bond acceptors (Lipinski definition) is 5. The van der Waals surface area contributed by atoms with Gasteiger partial charge in [-0.05, 0) is 50.2 Å². The summed E-state index contributed by atoms with van der Waals surface area (Å²) in [6.45, 7) is 2.06. The normalized spacial score (nSPS) is 26.3. The van der Waals surface area contributed by atoms with E-state index in [1.54, 1.807) is 0 Å². The number of hydrogen-bond donors (Lipinski definition) is 1. The highest BCUT2D eigenvalue weighted by Crippen LogP contribution is 2.45. The van der Waals surface area contributed by atoms with E-state index in [1.807, 2.05) is 30.3 Å². The van der Waals surface area contributed by atoms with Gasteiger partial charge in [-0.1, -0.05) is 18.2 Å². The lowest BCUT2D eigenvalue weighted by molar-refractivity contribution is -0.159. The molecule has 0 spiro atoms. The van der Waals surface area contributed by atoms with Crippen LogP contribution in [0.25, 0.3) is 0 Å². The molecule has 1 aromatic rings. The van der Waals surface area contributed by atoms with Crippen molar-refractivity contribution in [1.82, 2.24) is 5.06 Å². The highest BCUT2D eigenvalue weighted by molar-refractivity contribution is 5.74. The summed E-state index contributed by atoms with van der Waals surface area (Å²) in [5.41, 5.74) is 0. The molecule has 27 heavy (non-hydrogen) atoms. The van der Waals surface area contributed by atoms with Crippen LogP contribution in [-0.4, -0.2) is 55.3 Å². The Bertz CT molecular complexity index is 579. The van der Waals surface area contributed by atoms with Gasteiger partial charge >= 0.3 is 0 Å². The second-order valence-electron chi connectivity index (χ2n) is 7.52. The molecule has 150 valence electrons. The zero-order valence-electron chi connectivity index (χ0n) is 16.1. The SMILES string of the molecule is CN(O)C(=O)CCCCOC[C@@H]1[C@H](CCOc2ccccc2)[C@@H]2CC[C@H]1O2. The van der Waals surface area contributed by atoms with E-state index in [-0.39, 0.29) is 5.91 Å². The maximum Gasteiger partial charge on any atom is 0.245 e. The van der Waals surface area contributed by atoms with E-state index in [9.17, 15) is 4.79 Å². The quantitative estimate of drug-likeness (QED) is 0.364. The molecule has 2 heterocycles. The summed E-state index contributed by atoms with van der Waals surface area (Å²) in [6.07, 6.45) is 5.84. The van der Waals surface area contributed by atoms with Crippen LogP contribution in [0.15, 0.2) is 30.3 Å². The van der Waals surface area contributed by atoms with Crippen molar-refractivity contribution in [1.29, 1.82) is 0 Å². The van der Waals surface area contributed by atoms with Crippen LogP contribution in [0.4, 0.5) is 0 Å². The molecule has 0 aromatic heterocycles. The number of para-hydroxylation sites is 1. The minimum Gasteiger partial charge on any atom is -0.494 e. The first-order chi connectivity index (χ1) is 13.1. The fraction of sp³-hybridized carbons (Fsp3) is 0.667. The number of carbonyl (C=O) groups is 1. The molecule has 0 saturated carbocycles. The highest BCUT2D eigenvalue weighted by atomic mass is 16.5. The molecule has 2 saturated heterocycles. The molecule has 1 aromatic carbocycles. The Kier molecular flexibility index (Phi) is 7.50. The van der Waals surface area contributed by atoms with Gasteiger partial charge in [-0.15, -0.1) is 0 Å². The lowest BCUT2D eigenvalue weighted by atomic mass is 9.78. The van der Waals surface area contributed by atoms with Gasteiger partial charge in [0.25, 0.3) is 0 Å². The van der Waals surface area contributed by atoms with Crippen LogP contribution in [0.1, 0.15) is 38.5 Å². The third-order valence-electron chi connectivity index (χ3n) is 5.65. The van der Waals surface area contributed by atoms with E-state index in [1.165, 1.54) is 7.05 Å². The molecule has 6 heteroatoms. The van der Waals surface area contributed by atoms with E-state index in [4.69, 9.17) is 19.4 Å². The summed E-state index contributed by atoms with van der Waals surface area (Å²) in [6, 6.07) is 9.92. The molecule has 6 nitrogen and oxygen atoms in total. The zero-order valence-corrected chi connectivity index (χ0v) is 16.1. The van der Waals surface area contributed by atoms with Gasteiger partial charge in [0.15, 0.2) is 0 Å². The van der Waals surface area contributed by atoms with Crippen molar-refractivity contribution in [2.24, 2.45) is 11.8 Å². The average molecular weight is 377 g/mol. The number of hydroxylamine groups is 2. The second-order valence-corrected chi connectivity index (χ2v) is 7.52. The summed E-state index contributed by atoms with van der Waals surface area (Å²) >= 11 is 0. The van der Waals surface area contributed by atoms with Crippen molar-refractivity contribution in [3.63, 3.8) is 0 Å². The molecule has 0 aliphatic carbocycles. The van der Waals surface area contributed by atoms with Gasteiger partial charge in [-0.25, -0.2) is 5.06 Å². The van der Waals surface area contributed by atoms with Crippen LogP contribution >= 0.6 is 0 Å². The fourth-order valence-electron chi connectivity index (χ4n) is 4.19. The Morgan fingerprint density at radius 1 is 1.15 bits per heavy atom. The van der Waals surface area contributed by atoms with Crippen LogP contribution < -0.4 is 4.74 Å². The summed E-state index contributed by atoms with van der Waals surface area (Å²) < 4.78 is 17.9. The molecule has 1 amide bonds. The molecule has 2 fully saturated rings. The van der Waals surface area contributed by atoms with Gasteiger partial charge in [0.05, 0.1) is 25.4 Å². The van der Waals surface area contributed by atoms with Crippen LogP contribution in [0, 0.1) is 11.8 Å². The fourth-order valence-corrected chi connectivity index (χ4v) is 4.19. The number of fused-ring (bicyclic) bond motifs is 2. The summed E-state index contributed by atoms with van der Waals surface area (Å²) in [5.74, 6) is 1.60. The van der Waals surface area contributed by atoms with Gasteiger partial charge in [0.1, 0.15) is 5.75 Å². The standard InChI is InChI=1S/C21H31NO5/c1-22(24)21(23)9-5-6-13-25-15-18-17(19-10-11-20(18)27-19)12-14-26-16-7-3-2-4-8-16/h2-4,7-8,17-20,24H,5-6,9-15H2,1H3/t17-,18+,19-,20+/m0/s1. The molecule has 1 N–H and O–H groups in total. The Labute approximate surface area is 161 Å². The molecule has 0 radical (unpaired) electrons. The maximum atomic E-state index is 11.3. The number of nitrogens with zero attached hydrogens (tertiary/aromatic N) is 1. The van der Waals surface area contributed by atoms with E-state index in [0.717, 1.165) is 37.9 Å². The molecule has 0 unspecified atom stereocenters. The molecular weight excluding hydrogens is 346 g/mol. The molecule has 3 rings (SSSR count). The first-order valence-electron chi connectivity index (χ1n) is 10.0. The van der Waals surface area contributed by atoms with Gasteiger partial charge in [-0.2, -0.15) is 0 Å². The minimum atomic E-state index is -0.255. The second kappa shape index (κ2) is 10.1. The summed E-state index contributed by atoms with van der Waals surface area (Å²) in [7, 11) is 1.36. The van der Waals surface area contributed by atoms with E-state index >= 15 is 0 Å². The van der Waals surface area contributed by atoms with Crippen LogP contribution in [0.5, 0.6) is 5.75 Å². The third kappa shape index (κ3) is 5.67. The first-order valence-corrected chi connectivity index (χ1v) is 10.0. The number of amides is 1. The van der Waals surface area contributed by atoms with Gasteiger partial charge in [0, 0.05) is 26.0 Å². The monoisotopic (exact) mass is 377 g/mol. The lowest BCUT2D eigenvalue weighted by Gasteiger charge is -2.27. The van der Waals surface area contributed by atoms with Crippen molar-refractivity contribution in [3.8, 4) is 5.75 Å². The topological polar surface area (TPSA) is 68.2 Å². The van der Waals surface area contributed by atoms with Crippen LogP contribution in [-0.2, 0) is 14.3 Å². The largest absolute Gasteiger partial charge is 0.494 e. The van der Waals surface area contributed by atoms with Gasteiger partial charge in [0.2, 0.25) is 5.91 Å². The van der Waals surface area contributed by atoms with Crippen molar-refractivity contribution in [3.05, 3.63) is 30.3 Å². The smallest absolute Gasteiger partial charge is 0.245 e. The number of rotatable bonds is 11. The van der Waals surface area contributed by atoms with E-state index in [2.05, 4.69) is 0 Å². The third-order valence-corrected chi connectivity index (χ3v) is 5.65. The highest BCUT2D eigenvalue weighted by Gasteiger charge is 2.48. The minimum absolute atomic E-state index is 0.255. The van der Waals surface area contributed by atoms with Gasteiger partial charge in [-0.3, -0.25) is 10.0 Å². The number of ether oxygens (including phenoxy) is 3. The van der Waals surface area contributed by atoms with Crippen molar-refractivity contribution < 1.29 is 24.2 Å². The summed E-state index contributed by atoms with van der Waals surface area (Å²) in [5, 5.41) is 9.68. The average Bonchev–Trinajstić information content (AvgIpc) is 3.27. The zero-order chi connectivity index (χ0) is 19.1. The number of unbranched alkanes of at least 4 members (excludes halogenated alkanes) is 1. The Balaban J connectivity index is 1.35. The predicted octanol–water partition coefficient (Wildman–Crippen LogP) is 3.28. The predicted molar refractivity (Wildman–Crippen MR) is 101 cm³/mol. The van der Waals surface area contributed by atoms with Crippen molar-refractivity contribution in [2.75, 3.05) is 26.9 Å². The molecular formula is C21H31NO5. The molecule has 2 aliphatic heterocycles. The van der Waals surface area contributed by atoms with Crippen LogP contribution in [0.2, 0.25) is 0 Å². The number of benzene rings is 1. The van der Waals surface area contributed by atoms with Crippen molar-refractivity contribution >= 4 is 5.91 Å². The van der Waals surface area contributed by atoms with E-state index < -0.39 is 0 Å². The Morgan fingerprint density at radius 3 is 2.63 bits per heavy atom. The Morgan fingerprint density at radius 2 is 1.89 bits per heavy atom. The summed E-state index contributed by atoms with van der Waals surface area (Å²) in [4.78, 5) is 11.3. The van der Waals surface area contributed by atoms with Gasteiger partial charge < -0.3 is 14.2 Å².